The van der Waals surface area contributed by atoms with Crippen molar-refractivity contribution in [2.24, 2.45) is 5.41 Å². The number of anilines is 2. The predicted octanol–water partition coefficient (Wildman–Crippen LogP) is 5.32. The van der Waals surface area contributed by atoms with E-state index in [1.54, 1.807) is 0 Å². The highest BCUT2D eigenvalue weighted by atomic mass is 16.1. The number of benzene rings is 2. The van der Waals surface area contributed by atoms with Crippen molar-refractivity contribution in [3.05, 3.63) is 71.4 Å². The average Bonchev–Trinajstić information content (AvgIpc) is 2.75. The first-order valence-electron chi connectivity index (χ1n) is 9.44. The molecule has 2 aliphatic rings. The number of likely N-dealkylation sites (N-methyl/N-ethyl adjacent to an activating group) is 1. The number of carbonyl (C=O) groups excluding carboxylic acids is 1. The molecule has 0 spiro atoms. The topological polar surface area (TPSA) is 32.3 Å². The molecule has 2 aromatic carbocycles. The number of Topliss-reactive ketones (excluding diaryl/α,β-unsaturated/α-hetero) is 1. The minimum Gasteiger partial charge on any atom is -0.359 e. The van der Waals surface area contributed by atoms with Gasteiger partial charge in [0, 0.05) is 24.2 Å². The molecule has 2 aromatic rings. The first kappa shape index (κ1) is 16.9. The first-order chi connectivity index (χ1) is 12.5. The second kappa shape index (κ2) is 6.31. The molecule has 0 amide bonds. The number of rotatable bonds is 2. The van der Waals surface area contributed by atoms with Crippen molar-refractivity contribution in [1.29, 1.82) is 0 Å². The molecule has 3 heteroatoms. The SMILES string of the molecule is CCN1c2ccccc2NC2=C(C(=O)CC(C)(C)C2)[C@@H]1c1ccccc1. The second-order valence-corrected chi connectivity index (χ2v) is 8.07. The lowest BCUT2D eigenvalue weighted by atomic mass is 9.73. The molecule has 1 N–H and O–H groups in total. The highest BCUT2D eigenvalue weighted by Gasteiger charge is 2.40. The van der Waals surface area contributed by atoms with Gasteiger partial charge in [-0.1, -0.05) is 56.3 Å². The number of hydrogen-bond donors (Lipinski definition) is 1. The average molecular weight is 346 g/mol. The number of para-hydroxylation sites is 2. The van der Waals surface area contributed by atoms with E-state index in [-0.39, 0.29) is 17.2 Å². The Labute approximate surface area is 155 Å². The molecule has 3 nitrogen and oxygen atoms in total. The van der Waals surface area contributed by atoms with Gasteiger partial charge >= 0.3 is 0 Å². The highest BCUT2D eigenvalue weighted by molar-refractivity contribution is 6.01. The molecule has 0 saturated heterocycles. The van der Waals surface area contributed by atoms with Gasteiger partial charge in [0.1, 0.15) is 0 Å². The Morgan fingerprint density at radius 3 is 2.46 bits per heavy atom. The Kier molecular flexibility index (Phi) is 4.10. The minimum atomic E-state index is -0.0454. The van der Waals surface area contributed by atoms with Gasteiger partial charge in [0.15, 0.2) is 5.78 Å². The summed E-state index contributed by atoms with van der Waals surface area (Å²) in [6, 6.07) is 18.8. The zero-order chi connectivity index (χ0) is 18.3. The van der Waals surface area contributed by atoms with E-state index in [9.17, 15) is 4.79 Å². The first-order valence-corrected chi connectivity index (χ1v) is 9.44. The van der Waals surface area contributed by atoms with Gasteiger partial charge in [0.25, 0.3) is 0 Å². The number of allylic oxidation sites excluding steroid dienone is 1. The van der Waals surface area contributed by atoms with Crippen molar-refractivity contribution in [3.8, 4) is 0 Å². The van der Waals surface area contributed by atoms with E-state index in [0.717, 1.165) is 35.6 Å². The molecule has 1 heterocycles. The number of fused-ring (bicyclic) bond motifs is 1. The van der Waals surface area contributed by atoms with Crippen LogP contribution in [0.25, 0.3) is 0 Å². The van der Waals surface area contributed by atoms with E-state index in [1.807, 2.05) is 6.07 Å². The maximum Gasteiger partial charge on any atom is 0.163 e. The molecular weight excluding hydrogens is 320 g/mol. The van der Waals surface area contributed by atoms with Crippen molar-refractivity contribution in [2.45, 2.75) is 39.7 Å². The van der Waals surface area contributed by atoms with Crippen LogP contribution in [-0.4, -0.2) is 12.3 Å². The van der Waals surface area contributed by atoms with E-state index in [0.29, 0.717) is 6.42 Å². The number of carbonyl (C=O) groups is 1. The summed E-state index contributed by atoms with van der Waals surface area (Å²) in [7, 11) is 0. The van der Waals surface area contributed by atoms with Gasteiger partial charge in [-0.05, 0) is 36.5 Å². The smallest absolute Gasteiger partial charge is 0.163 e. The van der Waals surface area contributed by atoms with Gasteiger partial charge in [-0.2, -0.15) is 0 Å². The van der Waals surface area contributed by atoms with Crippen LogP contribution in [0.2, 0.25) is 0 Å². The third kappa shape index (κ3) is 2.82. The third-order valence-corrected chi connectivity index (χ3v) is 5.46. The highest BCUT2D eigenvalue weighted by Crippen LogP contribution is 2.47. The lowest BCUT2D eigenvalue weighted by Crippen LogP contribution is -2.36. The molecule has 26 heavy (non-hydrogen) atoms. The lowest BCUT2D eigenvalue weighted by molar-refractivity contribution is -0.118. The number of nitrogens with one attached hydrogen (secondary N) is 1. The maximum absolute atomic E-state index is 13.3. The van der Waals surface area contributed by atoms with Crippen molar-refractivity contribution in [1.82, 2.24) is 0 Å². The molecule has 0 saturated carbocycles. The Morgan fingerprint density at radius 2 is 1.73 bits per heavy atom. The van der Waals surface area contributed by atoms with Crippen LogP contribution in [-0.2, 0) is 4.79 Å². The van der Waals surface area contributed by atoms with Crippen molar-refractivity contribution < 1.29 is 4.79 Å². The van der Waals surface area contributed by atoms with Crippen molar-refractivity contribution in [3.63, 3.8) is 0 Å². The summed E-state index contributed by atoms with van der Waals surface area (Å²) in [6.45, 7) is 7.37. The predicted molar refractivity (Wildman–Crippen MR) is 107 cm³/mol. The molecule has 0 radical (unpaired) electrons. The van der Waals surface area contributed by atoms with Gasteiger partial charge in [0.2, 0.25) is 0 Å². The maximum atomic E-state index is 13.3. The van der Waals surface area contributed by atoms with E-state index < -0.39 is 0 Å². The van der Waals surface area contributed by atoms with Gasteiger partial charge in [-0.3, -0.25) is 4.79 Å². The number of ketones is 1. The molecule has 1 aliphatic heterocycles. The Morgan fingerprint density at radius 1 is 1.04 bits per heavy atom. The fourth-order valence-corrected chi connectivity index (χ4v) is 4.39. The summed E-state index contributed by atoms with van der Waals surface area (Å²) in [4.78, 5) is 15.6. The van der Waals surface area contributed by atoms with E-state index in [1.165, 1.54) is 5.56 Å². The summed E-state index contributed by atoms with van der Waals surface area (Å²) in [5.74, 6) is 0.267. The third-order valence-electron chi connectivity index (χ3n) is 5.46. The van der Waals surface area contributed by atoms with Crippen LogP contribution >= 0.6 is 0 Å². The van der Waals surface area contributed by atoms with Gasteiger partial charge < -0.3 is 10.2 Å². The van der Waals surface area contributed by atoms with E-state index in [2.05, 4.69) is 79.5 Å². The standard InChI is InChI=1S/C23H26N2O/c1-4-25-19-13-9-8-12-17(19)24-18-14-23(2,3)15-20(26)21(18)22(25)16-10-6-5-7-11-16/h5-13,22,24H,4,14-15H2,1-3H3/t22-/m0/s1. The van der Waals surface area contributed by atoms with Crippen LogP contribution in [0.1, 0.15) is 45.2 Å². The van der Waals surface area contributed by atoms with Crippen molar-refractivity contribution >= 4 is 17.2 Å². The van der Waals surface area contributed by atoms with Crippen LogP contribution in [0.5, 0.6) is 0 Å². The lowest BCUT2D eigenvalue weighted by Gasteiger charge is -2.37. The molecular formula is C23H26N2O. The summed E-state index contributed by atoms with van der Waals surface area (Å²) in [5, 5.41) is 3.63. The zero-order valence-corrected chi connectivity index (χ0v) is 15.8. The molecule has 0 fully saturated rings. The normalized spacial score (nSPS) is 21.6. The van der Waals surface area contributed by atoms with Gasteiger partial charge in [0.05, 0.1) is 17.4 Å². The molecule has 4 rings (SSSR count). The summed E-state index contributed by atoms with van der Waals surface area (Å²) in [6.07, 6.45) is 1.49. The fraction of sp³-hybridized carbons (Fsp3) is 0.348. The molecule has 134 valence electrons. The monoisotopic (exact) mass is 346 g/mol. The summed E-state index contributed by atoms with van der Waals surface area (Å²) >= 11 is 0. The van der Waals surface area contributed by atoms with Gasteiger partial charge in [-0.25, -0.2) is 0 Å². The zero-order valence-electron chi connectivity index (χ0n) is 15.8. The van der Waals surface area contributed by atoms with E-state index >= 15 is 0 Å². The van der Waals surface area contributed by atoms with Crippen LogP contribution < -0.4 is 10.2 Å². The molecule has 1 atom stereocenters. The summed E-state index contributed by atoms with van der Waals surface area (Å²) in [5.41, 5.74) is 5.43. The van der Waals surface area contributed by atoms with Gasteiger partial charge in [-0.15, -0.1) is 0 Å². The quantitative estimate of drug-likeness (QED) is 0.798. The van der Waals surface area contributed by atoms with Crippen LogP contribution in [0, 0.1) is 5.41 Å². The molecule has 0 bridgehead atoms. The Hall–Kier alpha value is -2.55. The molecule has 0 aromatic heterocycles. The van der Waals surface area contributed by atoms with E-state index in [4.69, 9.17) is 0 Å². The van der Waals surface area contributed by atoms with Crippen molar-refractivity contribution in [2.75, 3.05) is 16.8 Å². The summed E-state index contributed by atoms with van der Waals surface area (Å²) < 4.78 is 0. The Balaban J connectivity index is 1.97. The van der Waals surface area contributed by atoms with Crippen LogP contribution in [0.3, 0.4) is 0 Å². The molecule has 0 unspecified atom stereocenters. The Bertz CT molecular complexity index is 867. The second-order valence-electron chi connectivity index (χ2n) is 8.07. The number of nitrogens with zero attached hydrogens (tertiary/aromatic N) is 1. The number of hydrogen-bond acceptors (Lipinski definition) is 3. The fourth-order valence-electron chi connectivity index (χ4n) is 4.39. The van der Waals surface area contributed by atoms with Crippen LogP contribution in [0.15, 0.2) is 65.9 Å². The largest absolute Gasteiger partial charge is 0.359 e. The molecule has 1 aliphatic carbocycles. The minimum absolute atomic E-state index is 0.0134. The van der Waals surface area contributed by atoms with Crippen LogP contribution in [0.4, 0.5) is 11.4 Å².